The molecule has 0 aliphatic carbocycles. The minimum Gasteiger partial charge on any atom is -0.392 e. The minimum absolute atomic E-state index is 0. The maximum Gasteiger partial charge on any atom is 0.222 e. The summed E-state index contributed by atoms with van der Waals surface area (Å²) in [7, 11) is 1.97. The highest BCUT2D eigenvalue weighted by atomic mass is 35.5. The summed E-state index contributed by atoms with van der Waals surface area (Å²) in [6.07, 6.45) is 5.13. The molecule has 2 unspecified atom stereocenters. The Morgan fingerprint density at radius 1 is 1.15 bits per heavy atom. The number of β-amino-alcohol motifs (C(OH)–C–C–N with tert-alkyl or cyclic N) is 1. The molecule has 0 radical (unpaired) electrons. The van der Waals surface area contributed by atoms with Crippen molar-refractivity contribution in [2.75, 3.05) is 46.3 Å². The van der Waals surface area contributed by atoms with Gasteiger partial charge in [0.1, 0.15) is 0 Å². The summed E-state index contributed by atoms with van der Waals surface area (Å²) in [5.41, 5.74) is 0. The number of carbonyl (C=O) groups is 1. The summed E-state index contributed by atoms with van der Waals surface area (Å²) in [4.78, 5) is 16.8. The highest BCUT2D eigenvalue weighted by Gasteiger charge is 2.26. The van der Waals surface area contributed by atoms with Crippen molar-refractivity contribution in [3.05, 3.63) is 0 Å². The number of aliphatic hydroxyl groups is 1. The molecule has 2 aliphatic heterocycles. The number of hydrogen-bond acceptors (Lipinski definition) is 4. The molecule has 0 aromatic carbocycles. The van der Waals surface area contributed by atoms with Gasteiger partial charge in [0, 0.05) is 26.6 Å². The van der Waals surface area contributed by atoms with Gasteiger partial charge in [0.05, 0.1) is 6.10 Å². The van der Waals surface area contributed by atoms with Crippen LogP contribution in [-0.2, 0) is 4.79 Å². The Morgan fingerprint density at radius 2 is 1.73 bits per heavy atom. The van der Waals surface area contributed by atoms with Crippen molar-refractivity contribution < 1.29 is 9.90 Å². The van der Waals surface area contributed by atoms with Crippen molar-refractivity contribution in [3.63, 3.8) is 0 Å². The Labute approximate surface area is 172 Å². The largest absolute Gasteiger partial charge is 0.392 e. The van der Waals surface area contributed by atoms with E-state index >= 15 is 0 Å². The predicted molar refractivity (Wildman–Crippen MR) is 112 cm³/mol. The Bertz CT molecular complexity index is 385. The number of nitrogens with zero attached hydrogens (tertiary/aromatic N) is 2. The van der Waals surface area contributed by atoms with Gasteiger partial charge in [-0.15, -0.1) is 24.8 Å². The maximum absolute atomic E-state index is 12.5. The summed E-state index contributed by atoms with van der Waals surface area (Å²) in [5, 5.41) is 12.9. The lowest BCUT2D eigenvalue weighted by Crippen LogP contribution is -2.42. The van der Waals surface area contributed by atoms with E-state index in [-0.39, 0.29) is 30.9 Å². The van der Waals surface area contributed by atoms with Crippen LogP contribution in [0.5, 0.6) is 0 Å². The number of amides is 1. The van der Waals surface area contributed by atoms with Gasteiger partial charge >= 0.3 is 0 Å². The molecule has 2 fully saturated rings. The van der Waals surface area contributed by atoms with Crippen molar-refractivity contribution in [3.8, 4) is 0 Å². The molecule has 0 aromatic heterocycles. The highest BCUT2D eigenvalue weighted by Crippen LogP contribution is 2.25. The van der Waals surface area contributed by atoms with Crippen molar-refractivity contribution in [1.29, 1.82) is 0 Å². The fraction of sp³-hybridized carbons (Fsp3) is 0.947. The third-order valence-electron chi connectivity index (χ3n) is 5.87. The molecular formula is C19H39Cl2N3O2. The van der Waals surface area contributed by atoms with Gasteiger partial charge in [-0.05, 0) is 76.5 Å². The van der Waals surface area contributed by atoms with Gasteiger partial charge in [-0.25, -0.2) is 0 Å². The molecule has 2 N–H and O–H groups in total. The van der Waals surface area contributed by atoms with Crippen LogP contribution in [-0.4, -0.2) is 73.2 Å². The van der Waals surface area contributed by atoms with Crippen LogP contribution in [0.3, 0.4) is 0 Å². The summed E-state index contributed by atoms with van der Waals surface area (Å²) < 4.78 is 0. The highest BCUT2D eigenvalue weighted by molar-refractivity contribution is 5.85. The average molecular weight is 412 g/mol. The zero-order chi connectivity index (χ0) is 17.5. The van der Waals surface area contributed by atoms with E-state index < -0.39 is 0 Å². The normalized spacial score (nSPS) is 22.0. The molecule has 5 nitrogen and oxygen atoms in total. The van der Waals surface area contributed by atoms with Crippen LogP contribution in [0.2, 0.25) is 0 Å². The Hall–Kier alpha value is -0.0700. The first kappa shape index (κ1) is 25.9. The average Bonchev–Trinajstić information content (AvgIpc) is 2.56. The van der Waals surface area contributed by atoms with Gasteiger partial charge in [-0.1, -0.05) is 6.92 Å². The van der Waals surface area contributed by atoms with Crippen molar-refractivity contribution in [1.82, 2.24) is 15.1 Å². The van der Waals surface area contributed by atoms with E-state index in [1.54, 1.807) is 0 Å². The van der Waals surface area contributed by atoms with E-state index in [0.717, 1.165) is 52.1 Å². The van der Waals surface area contributed by atoms with Crippen molar-refractivity contribution >= 4 is 30.7 Å². The van der Waals surface area contributed by atoms with E-state index in [1.165, 1.54) is 12.8 Å². The SMILES string of the molecule is CC(O)CN1CCC(CN(C)C(=O)CC(C)C2CCNCC2)CC1.Cl.Cl. The molecule has 2 atom stereocenters. The smallest absolute Gasteiger partial charge is 0.222 e. The monoisotopic (exact) mass is 411 g/mol. The van der Waals surface area contributed by atoms with Crippen LogP contribution in [0.15, 0.2) is 0 Å². The number of carbonyl (C=O) groups excluding carboxylic acids is 1. The standard InChI is InChI=1S/C19H37N3O2.2ClH/c1-15(18-4-8-20-9-5-18)12-19(24)21(3)14-17-6-10-22(11-7-17)13-16(2)23;;/h15-18,20,23H,4-14H2,1-3H3;2*1H. The first-order valence-electron chi connectivity index (χ1n) is 9.80. The minimum atomic E-state index is -0.248. The molecule has 26 heavy (non-hydrogen) atoms. The number of aliphatic hydroxyl groups excluding tert-OH is 1. The fourth-order valence-corrected chi connectivity index (χ4v) is 4.23. The Kier molecular flexibility index (Phi) is 13.1. The lowest BCUT2D eigenvalue weighted by molar-refractivity contribution is -0.132. The van der Waals surface area contributed by atoms with Crippen molar-refractivity contribution in [2.24, 2.45) is 17.8 Å². The Morgan fingerprint density at radius 3 is 2.27 bits per heavy atom. The van der Waals surface area contributed by atoms with Gasteiger partial charge in [-0.2, -0.15) is 0 Å². The zero-order valence-corrected chi connectivity index (χ0v) is 18.3. The van der Waals surface area contributed by atoms with E-state index in [0.29, 0.717) is 30.1 Å². The molecule has 0 spiro atoms. The van der Waals surface area contributed by atoms with Crippen LogP contribution >= 0.6 is 24.8 Å². The van der Waals surface area contributed by atoms with E-state index in [2.05, 4.69) is 17.1 Å². The van der Waals surface area contributed by atoms with E-state index in [4.69, 9.17) is 0 Å². The topological polar surface area (TPSA) is 55.8 Å². The summed E-state index contributed by atoms with van der Waals surface area (Å²) >= 11 is 0. The van der Waals surface area contributed by atoms with Crippen LogP contribution < -0.4 is 5.32 Å². The lowest BCUT2D eigenvalue weighted by atomic mass is 9.84. The van der Waals surface area contributed by atoms with Gasteiger partial charge in [-0.3, -0.25) is 4.79 Å². The van der Waals surface area contributed by atoms with E-state index in [9.17, 15) is 9.90 Å². The van der Waals surface area contributed by atoms with Crippen LogP contribution in [0.1, 0.15) is 46.0 Å². The number of nitrogens with one attached hydrogen (secondary N) is 1. The molecule has 1 amide bonds. The quantitative estimate of drug-likeness (QED) is 0.674. The summed E-state index contributed by atoms with van der Waals surface area (Å²) in [6.45, 7) is 10.0. The zero-order valence-electron chi connectivity index (χ0n) is 16.7. The van der Waals surface area contributed by atoms with Gasteiger partial charge in [0.25, 0.3) is 0 Å². The molecule has 156 valence electrons. The Balaban J connectivity index is 0.00000312. The number of piperidine rings is 2. The molecule has 2 saturated heterocycles. The van der Waals surface area contributed by atoms with Gasteiger partial charge in [0.15, 0.2) is 0 Å². The van der Waals surface area contributed by atoms with Crippen LogP contribution in [0.4, 0.5) is 0 Å². The van der Waals surface area contributed by atoms with Crippen LogP contribution in [0, 0.1) is 17.8 Å². The molecule has 0 bridgehead atoms. The molecule has 2 rings (SSSR count). The molecule has 7 heteroatoms. The predicted octanol–water partition coefficient (Wildman–Crippen LogP) is 2.41. The van der Waals surface area contributed by atoms with Gasteiger partial charge < -0.3 is 20.2 Å². The van der Waals surface area contributed by atoms with Crippen molar-refractivity contribution in [2.45, 2.75) is 52.1 Å². The molecule has 0 saturated carbocycles. The first-order chi connectivity index (χ1) is 11.5. The third-order valence-corrected chi connectivity index (χ3v) is 5.87. The second-order valence-corrected chi connectivity index (χ2v) is 8.14. The third kappa shape index (κ3) is 8.75. The molecule has 0 aromatic rings. The lowest BCUT2D eigenvalue weighted by Gasteiger charge is -2.35. The number of hydrogen-bond donors (Lipinski definition) is 2. The second kappa shape index (κ2) is 13.2. The maximum atomic E-state index is 12.5. The number of likely N-dealkylation sites (tertiary alicyclic amines) is 1. The second-order valence-electron chi connectivity index (χ2n) is 8.14. The fourth-order valence-electron chi connectivity index (χ4n) is 4.23. The molecular weight excluding hydrogens is 373 g/mol. The first-order valence-corrected chi connectivity index (χ1v) is 9.80. The summed E-state index contributed by atoms with van der Waals surface area (Å²) in [5.74, 6) is 2.12. The van der Waals surface area contributed by atoms with E-state index in [1.807, 2.05) is 18.9 Å². The van der Waals surface area contributed by atoms with Gasteiger partial charge in [0.2, 0.25) is 5.91 Å². The molecule has 2 aliphatic rings. The number of rotatable bonds is 7. The molecule has 2 heterocycles. The summed E-state index contributed by atoms with van der Waals surface area (Å²) in [6, 6.07) is 0. The van der Waals surface area contributed by atoms with Crippen LogP contribution in [0.25, 0.3) is 0 Å². The number of halogens is 2.